The van der Waals surface area contributed by atoms with E-state index in [1.165, 1.54) is 11.3 Å². The van der Waals surface area contributed by atoms with Crippen LogP contribution in [0.15, 0.2) is 69.6 Å². The zero-order valence-electron chi connectivity index (χ0n) is 17.8. The van der Waals surface area contributed by atoms with Crippen LogP contribution in [-0.2, 0) is 9.53 Å². The number of thiazole rings is 1. The van der Waals surface area contributed by atoms with Crippen molar-refractivity contribution in [2.45, 2.75) is 19.9 Å². The van der Waals surface area contributed by atoms with Gasteiger partial charge in [0.25, 0.3) is 5.56 Å². The van der Waals surface area contributed by atoms with Crippen LogP contribution in [0.2, 0.25) is 5.02 Å². The summed E-state index contributed by atoms with van der Waals surface area (Å²) < 4.78 is 12.6. The number of hydrogen-bond acceptors (Lipinski definition) is 6. The monoisotopic (exact) mass is 468 g/mol. The van der Waals surface area contributed by atoms with Crippen molar-refractivity contribution in [3.8, 4) is 5.75 Å². The first-order chi connectivity index (χ1) is 15.4. The highest BCUT2D eigenvalue weighted by molar-refractivity contribution is 7.07. The predicted octanol–water partition coefficient (Wildman–Crippen LogP) is 3.46. The molecule has 6 nitrogen and oxygen atoms in total. The molecule has 0 N–H and O–H groups in total. The maximum Gasteiger partial charge on any atom is 0.338 e. The Morgan fingerprint density at radius 2 is 2.00 bits per heavy atom. The molecular weight excluding hydrogens is 448 g/mol. The fraction of sp³-hybridized carbons (Fsp3) is 0.208. The average Bonchev–Trinajstić information content (AvgIpc) is 3.07. The minimum atomic E-state index is -0.655. The molecule has 1 aliphatic rings. The highest BCUT2D eigenvalue weighted by atomic mass is 35.5. The molecule has 164 valence electrons. The highest BCUT2D eigenvalue weighted by Crippen LogP contribution is 2.31. The molecule has 2 heterocycles. The van der Waals surface area contributed by atoms with Gasteiger partial charge in [-0.25, -0.2) is 9.79 Å². The summed E-state index contributed by atoms with van der Waals surface area (Å²) in [5.41, 5.74) is 2.21. The third kappa shape index (κ3) is 4.13. The Morgan fingerprint density at radius 3 is 2.66 bits per heavy atom. The Kier molecular flexibility index (Phi) is 6.30. The number of carbonyl (C=O) groups is 1. The summed E-state index contributed by atoms with van der Waals surface area (Å²) in [5, 5.41) is 0.586. The van der Waals surface area contributed by atoms with E-state index in [0.717, 1.165) is 11.1 Å². The molecule has 32 heavy (non-hydrogen) atoms. The van der Waals surface area contributed by atoms with E-state index in [0.29, 0.717) is 31.4 Å². The van der Waals surface area contributed by atoms with E-state index in [4.69, 9.17) is 21.1 Å². The van der Waals surface area contributed by atoms with Gasteiger partial charge >= 0.3 is 5.97 Å². The molecule has 0 radical (unpaired) electrons. The number of benzene rings is 2. The van der Waals surface area contributed by atoms with Crippen LogP contribution in [0, 0.1) is 0 Å². The van der Waals surface area contributed by atoms with Gasteiger partial charge in [0.1, 0.15) is 5.75 Å². The number of halogens is 1. The molecule has 0 aliphatic carbocycles. The lowest BCUT2D eigenvalue weighted by Gasteiger charge is -2.24. The minimum absolute atomic E-state index is 0.226. The van der Waals surface area contributed by atoms with Crippen LogP contribution >= 0.6 is 22.9 Å². The lowest BCUT2D eigenvalue weighted by molar-refractivity contribution is -0.139. The van der Waals surface area contributed by atoms with Gasteiger partial charge in [-0.2, -0.15) is 0 Å². The molecule has 0 amide bonds. The molecule has 0 saturated heterocycles. The third-order valence-electron chi connectivity index (χ3n) is 5.10. The van der Waals surface area contributed by atoms with Crippen LogP contribution in [0.4, 0.5) is 0 Å². The van der Waals surface area contributed by atoms with Crippen LogP contribution in [0.25, 0.3) is 6.08 Å². The van der Waals surface area contributed by atoms with Crippen LogP contribution < -0.4 is 19.6 Å². The number of ether oxygens (including phenoxy) is 2. The van der Waals surface area contributed by atoms with Gasteiger partial charge in [0, 0.05) is 5.02 Å². The standard InChI is InChI=1S/C24H21ClN2O4S/c1-4-31-23(29)20-14(2)26-24-27(21(20)16-8-10-18(30-3)11-9-16)22(28)19(32-24)13-15-6-5-7-17(25)12-15/h5-13,21H,4H2,1-3H3/b19-13+/t21-/m0/s1. The molecule has 0 unspecified atom stereocenters. The molecular formula is C24H21ClN2O4S. The van der Waals surface area contributed by atoms with Gasteiger partial charge in [-0.05, 0) is 55.3 Å². The minimum Gasteiger partial charge on any atom is -0.497 e. The molecule has 2 aromatic carbocycles. The number of rotatable bonds is 5. The summed E-state index contributed by atoms with van der Waals surface area (Å²) >= 11 is 7.37. The Bertz CT molecular complexity index is 1390. The number of esters is 1. The zero-order chi connectivity index (χ0) is 22.8. The van der Waals surface area contributed by atoms with E-state index in [1.807, 2.05) is 24.3 Å². The van der Waals surface area contributed by atoms with Gasteiger partial charge in [0.05, 0.1) is 35.6 Å². The number of nitrogens with zero attached hydrogens (tertiary/aromatic N) is 2. The lowest BCUT2D eigenvalue weighted by Crippen LogP contribution is -2.39. The van der Waals surface area contributed by atoms with Gasteiger partial charge < -0.3 is 9.47 Å². The number of aromatic nitrogens is 1. The number of allylic oxidation sites excluding steroid dienone is 1. The Balaban J connectivity index is 1.94. The Labute approximate surface area is 193 Å². The molecule has 1 aliphatic heterocycles. The summed E-state index contributed by atoms with van der Waals surface area (Å²) in [7, 11) is 1.59. The first kappa shape index (κ1) is 22.0. The molecule has 0 bridgehead atoms. The normalized spacial score (nSPS) is 15.9. The van der Waals surface area contributed by atoms with Gasteiger partial charge in [0.15, 0.2) is 4.80 Å². The van der Waals surface area contributed by atoms with Crippen molar-refractivity contribution in [3.05, 3.63) is 95.6 Å². The summed E-state index contributed by atoms with van der Waals surface area (Å²) in [6, 6.07) is 13.9. The van der Waals surface area contributed by atoms with E-state index in [1.54, 1.807) is 55.9 Å². The van der Waals surface area contributed by atoms with Crippen molar-refractivity contribution >= 4 is 35.0 Å². The second kappa shape index (κ2) is 9.14. The Morgan fingerprint density at radius 1 is 1.25 bits per heavy atom. The van der Waals surface area contributed by atoms with E-state index >= 15 is 0 Å². The summed E-state index contributed by atoms with van der Waals surface area (Å²) in [6.07, 6.45) is 1.78. The Hall–Kier alpha value is -3.16. The van der Waals surface area contributed by atoms with Gasteiger partial charge in [-0.3, -0.25) is 9.36 Å². The number of hydrogen-bond donors (Lipinski definition) is 0. The summed E-state index contributed by atoms with van der Waals surface area (Å²) in [6.45, 7) is 3.73. The van der Waals surface area contributed by atoms with E-state index in [9.17, 15) is 9.59 Å². The molecule has 0 spiro atoms. The van der Waals surface area contributed by atoms with Crippen LogP contribution in [0.1, 0.15) is 31.0 Å². The van der Waals surface area contributed by atoms with E-state index < -0.39 is 12.0 Å². The number of carbonyl (C=O) groups excluding carboxylic acids is 1. The number of fused-ring (bicyclic) bond motifs is 1. The SMILES string of the molecule is CCOC(=O)C1=C(C)N=c2s/c(=C/c3cccc(Cl)c3)c(=O)n2[C@H]1c1ccc(OC)cc1. The van der Waals surface area contributed by atoms with Crippen molar-refractivity contribution in [2.24, 2.45) is 4.99 Å². The van der Waals surface area contributed by atoms with Crippen LogP contribution in [0.3, 0.4) is 0 Å². The van der Waals surface area contributed by atoms with E-state index in [-0.39, 0.29) is 12.2 Å². The molecule has 1 aromatic heterocycles. The molecule has 3 aromatic rings. The van der Waals surface area contributed by atoms with Gasteiger partial charge in [-0.1, -0.05) is 47.2 Å². The van der Waals surface area contributed by atoms with Crippen molar-refractivity contribution in [1.29, 1.82) is 0 Å². The lowest BCUT2D eigenvalue weighted by atomic mass is 9.96. The number of methoxy groups -OCH3 is 1. The largest absolute Gasteiger partial charge is 0.497 e. The van der Waals surface area contributed by atoms with Gasteiger partial charge in [-0.15, -0.1) is 0 Å². The third-order valence-corrected chi connectivity index (χ3v) is 6.31. The maximum atomic E-state index is 13.5. The smallest absolute Gasteiger partial charge is 0.338 e. The fourth-order valence-corrected chi connectivity index (χ4v) is 4.89. The van der Waals surface area contributed by atoms with Crippen molar-refractivity contribution in [3.63, 3.8) is 0 Å². The zero-order valence-corrected chi connectivity index (χ0v) is 19.4. The van der Waals surface area contributed by atoms with Crippen molar-refractivity contribution in [2.75, 3.05) is 13.7 Å². The van der Waals surface area contributed by atoms with Crippen molar-refractivity contribution in [1.82, 2.24) is 4.57 Å². The quantitative estimate of drug-likeness (QED) is 0.538. The first-order valence-corrected chi connectivity index (χ1v) is 11.2. The fourth-order valence-electron chi connectivity index (χ4n) is 3.64. The molecule has 0 fully saturated rings. The van der Waals surface area contributed by atoms with Gasteiger partial charge in [0.2, 0.25) is 0 Å². The molecule has 8 heteroatoms. The van der Waals surface area contributed by atoms with Crippen molar-refractivity contribution < 1.29 is 14.3 Å². The summed E-state index contributed by atoms with van der Waals surface area (Å²) in [4.78, 5) is 31.5. The second-order valence-corrected chi connectivity index (χ2v) is 8.58. The molecule has 4 rings (SSSR count). The highest BCUT2D eigenvalue weighted by Gasteiger charge is 2.33. The molecule has 1 atom stereocenters. The molecule has 0 saturated carbocycles. The van der Waals surface area contributed by atoms with Crippen LogP contribution in [0.5, 0.6) is 5.75 Å². The van der Waals surface area contributed by atoms with Crippen LogP contribution in [-0.4, -0.2) is 24.3 Å². The first-order valence-electron chi connectivity index (χ1n) is 10.0. The summed E-state index contributed by atoms with van der Waals surface area (Å²) in [5.74, 6) is 0.194. The second-order valence-electron chi connectivity index (χ2n) is 7.13. The topological polar surface area (TPSA) is 69.9 Å². The average molecular weight is 469 g/mol. The van der Waals surface area contributed by atoms with E-state index in [2.05, 4.69) is 4.99 Å². The predicted molar refractivity (Wildman–Crippen MR) is 125 cm³/mol. The maximum absolute atomic E-state index is 13.5.